The van der Waals surface area contributed by atoms with E-state index in [1.165, 1.54) is 24.8 Å². The Morgan fingerprint density at radius 1 is 1.56 bits per heavy atom. The van der Waals surface area contributed by atoms with Gasteiger partial charge in [-0.05, 0) is 19.9 Å². The molecule has 1 aromatic heterocycles. The Labute approximate surface area is 96.9 Å². The molecule has 0 amide bonds. The molecule has 1 aliphatic rings. The molecule has 1 aromatic rings. The molecule has 0 unspecified atom stereocenters. The molecule has 1 N–H and O–H groups in total. The van der Waals surface area contributed by atoms with E-state index in [4.69, 9.17) is 0 Å². The first-order valence-corrected chi connectivity index (χ1v) is 5.90. The monoisotopic (exact) mass is 223 g/mol. The first-order valence-electron chi connectivity index (χ1n) is 5.90. The van der Waals surface area contributed by atoms with Crippen LogP contribution in [-0.2, 0) is 13.6 Å². The minimum Gasteiger partial charge on any atom is -0.396 e. The molecule has 16 heavy (non-hydrogen) atoms. The molecule has 0 spiro atoms. The predicted octanol–water partition coefficient (Wildman–Crippen LogP) is 1.01. The van der Waals surface area contributed by atoms with Crippen LogP contribution in [0.5, 0.6) is 0 Å². The second-order valence-corrected chi connectivity index (χ2v) is 5.21. The fourth-order valence-electron chi connectivity index (χ4n) is 2.54. The van der Waals surface area contributed by atoms with Crippen LogP contribution in [0.3, 0.4) is 0 Å². The highest BCUT2D eigenvalue weighted by Crippen LogP contribution is 2.40. The van der Waals surface area contributed by atoms with Gasteiger partial charge in [0.25, 0.3) is 0 Å². The molecule has 2 rings (SSSR count). The van der Waals surface area contributed by atoms with Crippen molar-refractivity contribution in [3.8, 4) is 0 Å². The molecule has 1 saturated carbocycles. The van der Waals surface area contributed by atoms with E-state index in [1.807, 2.05) is 24.1 Å². The number of aliphatic hydroxyl groups excluding tert-OH is 1. The minimum atomic E-state index is 0.178. The zero-order valence-electron chi connectivity index (χ0n) is 10.2. The Hall–Kier alpha value is -0.870. The van der Waals surface area contributed by atoms with E-state index in [-0.39, 0.29) is 5.41 Å². The molecule has 90 valence electrons. The average molecular weight is 223 g/mol. The van der Waals surface area contributed by atoms with Crippen molar-refractivity contribution in [2.75, 3.05) is 20.2 Å². The Bertz CT molecular complexity index is 338. The first-order chi connectivity index (χ1) is 7.63. The van der Waals surface area contributed by atoms with E-state index < -0.39 is 0 Å². The number of nitrogens with zero attached hydrogens (tertiary/aromatic N) is 3. The molecule has 1 fully saturated rings. The van der Waals surface area contributed by atoms with E-state index in [9.17, 15) is 5.11 Å². The quantitative estimate of drug-likeness (QED) is 0.810. The second-order valence-electron chi connectivity index (χ2n) is 5.21. The van der Waals surface area contributed by atoms with E-state index in [0.29, 0.717) is 6.61 Å². The van der Waals surface area contributed by atoms with Gasteiger partial charge in [0.05, 0.1) is 6.20 Å². The lowest BCUT2D eigenvalue weighted by Gasteiger charge is -2.42. The second kappa shape index (κ2) is 4.55. The first kappa shape index (κ1) is 11.6. The van der Waals surface area contributed by atoms with Crippen LogP contribution in [0.1, 0.15) is 24.8 Å². The van der Waals surface area contributed by atoms with E-state index in [2.05, 4.69) is 17.0 Å². The van der Waals surface area contributed by atoms with Crippen LogP contribution in [0, 0.1) is 5.41 Å². The zero-order chi connectivity index (χ0) is 11.6. The molecule has 0 saturated heterocycles. The summed E-state index contributed by atoms with van der Waals surface area (Å²) in [6.45, 7) is 2.22. The maximum absolute atomic E-state index is 9.41. The average Bonchev–Trinajstić information content (AvgIpc) is 2.57. The summed E-state index contributed by atoms with van der Waals surface area (Å²) in [5.41, 5.74) is 1.41. The molecule has 0 aromatic carbocycles. The van der Waals surface area contributed by atoms with Crippen LogP contribution in [0.4, 0.5) is 0 Å². The Morgan fingerprint density at radius 2 is 2.31 bits per heavy atom. The van der Waals surface area contributed by atoms with Gasteiger partial charge in [0.2, 0.25) is 0 Å². The van der Waals surface area contributed by atoms with Gasteiger partial charge < -0.3 is 10.0 Å². The van der Waals surface area contributed by atoms with Crippen LogP contribution in [0.25, 0.3) is 0 Å². The third-order valence-corrected chi connectivity index (χ3v) is 3.57. The van der Waals surface area contributed by atoms with Crippen molar-refractivity contribution >= 4 is 0 Å². The minimum absolute atomic E-state index is 0.178. The molecule has 0 aliphatic heterocycles. The third kappa shape index (κ3) is 2.44. The summed E-state index contributed by atoms with van der Waals surface area (Å²) < 4.78 is 1.83. The van der Waals surface area contributed by atoms with Gasteiger partial charge in [-0.3, -0.25) is 4.68 Å². The normalized spacial score (nSPS) is 18.8. The Morgan fingerprint density at radius 3 is 2.75 bits per heavy atom. The summed E-state index contributed by atoms with van der Waals surface area (Å²) in [6, 6.07) is 0. The lowest BCUT2D eigenvalue weighted by Crippen LogP contribution is -2.43. The molecule has 4 nitrogen and oxygen atoms in total. The van der Waals surface area contributed by atoms with E-state index in [1.54, 1.807) is 0 Å². The molecule has 0 bridgehead atoms. The SMILES string of the molecule is CN(Cc1cnn(C)c1)CC1(CO)CCC1. The van der Waals surface area contributed by atoms with Gasteiger partial charge in [0.15, 0.2) is 0 Å². The van der Waals surface area contributed by atoms with Crippen LogP contribution in [0.15, 0.2) is 12.4 Å². The zero-order valence-corrected chi connectivity index (χ0v) is 10.2. The van der Waals surface area contributed by atoms with Crippen LogP contribution in [-0.4, -0.2) is 40.0 Å². The summed E-state index contributed by atoms with van der Waals surface area (Å²) >= 11 is 0. The highest BCUT2D eigenvalue weighted by Gasteiger charge is 2.37. The summed E-state index contributed by atoms with van der Waals surface area (Å²) in [7, 11) is 4.05. The van der Waals surface area contributed by atoms with Crippen molar-refractivity contribution in [2.45, 2.75) is 25.8 Å². The summed E-state index contributed by atoms with van der Waals surface area (Å²) in [5, 5.41) is 13.6. The van der Waals surface area contributed by atoms with Gasteiger partial charge in [-0.2, -0.15) is 5.10 Å². The maximum Gasteiger partial charge on any atom is 0.0534 e. The van der Waals surface area contributed by atoms with Gasteiger partial charge in [-0.15, -0.1) is 0 Å². The Kier molecular flexibility index (Phi) is 3.30. The Balaban J connectivity index is 1.86. The number of aryl methyl sites for hydroxylation is 1. The van der Waals surface area contributed by atoms with Gasteiger partial charge in [-0.25, -0.2) is 0 Å². The van der Waals surface area contributed by atoms with Crippen molar-refractivity contribution in [1.82, 2.24) is 14.7 Å². The maximum atomic E-state index is 9.41. The highest BCUT2D eigenvalue weighted by atomic mass is 16.3. The fraction of sp³-hybridized carbons (Fsp3) is 0.750. The van der Waals surface area contributed by atoms with Gasteiger partial charge in [0.1, 0.15) is 0 Å². The lowest BCUT2D eigenvalue weighted by molar-refractivity contribution is 0.0127. The van der Waals surface area contributed by atoms with Gasteiger partial charge in [-0.1, -0.05) is 6.42 Å². The number of hydrogen-bond donors (Lipinski definition) is 1. The van der Waals surface area contributed by atoms with E-state index >= 15 is 0 Å². The molecule has 1 aliphatic carbocycles. The molecular weight excluding hydrogens is 202 g/mol. The standard InChI is InChI=1S/C12H21N3O/c1-14(7-11-6-13-15(2)8-11)9-12(10-16)4-3-5-12/h6,8,16H,3-5,7,9-10H2,1-2H3. The molecule has 4 heteroatoms. The van der Waals surface area contributed by atoms with Crippen molar-refractivity contribution in [3.63, 3.8) is 0 Å². The summed E-state index contributed by atoms with van der Waals surface area (Å²) in [6.07, 6.45) is 7.55. The van der Waals surface area contributed by atoms with Crippen molar-refractivity contribution in [1.29, 1.82) is 0 Å². The summed E-state index contributed by atoms with van der Waals surface area (Å²) in [5.74, 6) is 0. The van der Waals surface area contributed by atoms with Crippen molar-refractivity contribution in [2.24, 2.45) is 12.5 Å². The van der Waals surface area contributed by atoms with E-state index in [0.717, 1.165) is 13.1 Å². The molecule has 1 heterocycles. The van der Waals surface area contributed by atoms with Crippen LogP contribution >= 0.6 is 0 Å². The number of aliphatic hydroxyl groups is 1. The van der Waals surface area contributed by atoms with Crippen molar-refractivity contribution in [3.05, 3.63) is 18.0 Å². The largest absolute Gasteiger partial charge is 0.396 e. The number of rotatable bonds is 5. The third-order valence-electron chi connectivity index (χ3n) is 3.57. The van der Waals surface area contributed by atoms with Gasteiger partial charge >= 0.3 is 0 Å². The molecular formula is C12H21N3O. The fourth-order valence-corrected chi connectivity index (χ4v) is 2.54. The number of aromatic nitrogens is 2. The highest BCUT2D eigenvalue weighted by molar-refractivity contribution is 5.03. The summed E-state index contributed by atoms with van der Waals surface area (Å²) in [4.78, 5) is 2.28. The van der Waals surface area contributed by atoms with Gasteiger partial charge in [0, 0.05) is 43.9 Å². The van der Waals surface area contributed by atoms with Crippen LogP contribution < -0.4 is 0 Å². The van der Waals surface area contributed by atoms with Crippen LogP contribution in [0.2, 0.25) is 0 Å². The number of hydrogen-bond acceptors (Lipinski definition) is 3. The predicted molar refractivity (Wildman–Crippen MR) is 62.9 cm³/mol. The molecule has 0 atom stereocenters. The topological polar surface area (TPSA) is 41.3 Å². The van der Waals surface area contributed by atoms with Crippen molar-refractivity contribution < 1.29 is 5.11 Å². The lowest BCUT2D eigenvalue weighted by atomic mass is 9.69. The smallest absolute Gasteiger partial charge is 0.0534 e. The molecule has 0 radical (unpaired) electrons.